The third-order valence-electron chi connectivity index (χ3n) is 3.33. The van der Waals surface area contributed by atoms with Gasteiger partial charge in [0.2, 0.25) is 0 Å². The predicted octanol–water partition coefficient (Wildman–Crippen LogP) is 2.01. The van der Waals surface area contributed by atoms with Crippen LogP contribution in [0.3, 0.4) is 0 Å². The number of ether oxygens (including phenoxy) is 2. The van der Waals surface area contributed by atoms with Crippen LogP contribution < -0.4 is 4.74 Å². The molecular formula is C15H21NO3. The molecule has 104 valence electrons. The van der Waals surface area contributed by atoms with Crippen LogP contribution in [0.2, 0.25) is 0 Å². The van der Waals surface area contributed by atoms with E-state index >= 15 is 0 Å². The van der Waals surface area contributed by atoms with Crippen LogP contribution in [0.4, 0.5) is 0 Å². The number of carbonyl (C=O) groups is 1. The van der Waals surface area contributed by atoms with Gasteiger partial charge in [-0.1, -0.05) is 25.1 Å². The number of carbonyl (C=O) groups excluding carboxylic acids is 1. The summed E-state index contributed by atoms with van der Waals surface area (Å²) in [7, 11) is 0. The first kappa shape index (κ1) is 13.9. The Morgan fingerprint density at radius 2 is 2.05 bits per heavy atom. The highest BCUT2D eigenvalue weighted by Gasteiger charge is 2.26. The Bertz CT molecular complexity index is 427. The van der Waals surface area contributed by atoms with Crippen molar-refractivity contribution < 1.29 is 14.3 Å². The van der Waals surface area contributed by atoms with Gasteiger partial charge >= 0.3 is 0 Å². The first-order chi connectivity index (χ1) is 9.22. The molecule has 0 bridgehead atoms. The van der Waals surface area contributed by atoms with Crippen LogP contribution in [0.15, 0.2) is 24.3 Å². The molecule has 1 heterocycles. The molecule has 0 saturated carbocycles. The lowest BCUT2D eigenvalue weighted by atomic mass is 10.2. The summed E-state index contributed by atoms with van der Waals surface area (Å²) in [6, 6.07) is 7.78. The lowest BCUT2D eigenvalue weighted by molar-refractivity contribution is -0.142. The molecule has 1 aliphatic rings. The van der Waals surface area contributed by atoms with Gasteiger partial charge in [0.05, 0.1) is 13.2 Å². The minimum absolute atomic E-state index is 0.0639. The van der Waals surface area contributed by atoms with E-state index in [1.165, 1.54) is 0 Å². The average Bonchev–Trinajstić information content (AvgIpc) is 2.47. The van der Waals surface area contributed by atoms with Gasteiger partial charge in [-0.25, -0.2) is 0 Å². The van der Waals surface area contributed by atoms with Crippen LogP contribution in [0.5, 0.6) is 5.75 Å². The number of nitrogens with zero attached hydrogens (tertiary/aromatic N) is 1. The van der Waals surface area contributed by atoms with Crippen LogP contribution in [0.25, 0.3) is 0 Å². The Morgan fingerprint density at radius 3 is 2.68 bits per heavy atom. The first-order valence-corrected chi connectivity index (χ1v) is 6.81. The molecule has 1 fully saturated rings. The number of benzene rings is 1. The van der Waals surface area contributed by atoms with Gasteiger partial charge in [0.1, 0.15) is 5.75 Å². The maximum absolute atomic E-state index is 12.4. The molecule has 4 heteroatoms. The molecule has 1 amide bonds. The van der Waals surface area contributed by atoms with Gasteiger partial charge in [0.25, 0.3) is 5.91 Å². The van der Waals surface area contributed by atoms with Crippen LogP contribution in [0.1, 0.15) is 18.9 Å². The molecule has 0 N–H and O–H groups in total. The molecule has 19 heavy (non-hydrogen) atoms. The highest BCUT2D eigenvalue weighted by Crippen LogP contribution is 2.19. The Kier molecular flexibility index (Phi) is 4.80. The fourth-order valence-electron chi connectivity index (χ4n) is 2.14. The largest absolute Gasteiger partial charge is 0.480 e. The zero-order chi connectivity index (χ0) is 13.7. The van der Waals surface area contributed by atoms with Crippen LogP contribution >= 0.6 is 0 Å². The Balaban J connectivity index is 2.03. The number of hydrogen-bond donors (Lipinski definition) is 0. The van der Waals surface area contributed by atoms with Crippen molar-refractivity contribution in [3.05, 3.63) is 29.8 Å². The van der Waals surface area contributed by atoms with Crippen molar-refractivity contribution in [2.75, 3.05) is 26.3 Å². The molecule has 0 radical (unpaired) electrons. The molecule has 1 saturated heterocycles. The average molecular weight is 263 g/mol. The number of amides is 1. The summed E-state index contributed by atoms with van der Waals surface area (Å²) in [5.41, 5.74) is 1.05. The summed E-state index contributed by atoms with van der Waals surface area (Å²) in [5.74, 6) is 0.852. The van der Waals surface area contributed by atoms with E-state index in [4.69, 9.17) is 9.47 Å². The van der Waals surface area contributed by atoms with Gasteiger partial charge in [-0.2, -0.15) is 0 Å². The second kappa shape index (κ2) is 6.57. The van der Waals surface area contributed by atoms with Crippen LogP contribution in [0, 0.1) is 6.92 Å². The molecule has 1 aromatic rings. The van der Waals surface area contributed by atoms with E-state index < -0.39 is 6.10 Å². The fourth-order valence-corrected chi connectivity index (χ4v) is 2.14. The molecule has 0 unspecified atom stereocenters. The van der Waals surface area contributed by atoms with Crippen molar-refractivity contribution >= 4 is 5.91 Å². The van der Waals surface area contributed by atoms with Crippen molar-refractivity contribution in [2.45, 2.75) is 26.4 Å². The number of hydrogen-bond acceptors (Lipinski definition) is 3. The lowest BCUT2D eigenvalue weighted by Gasteiger charge is -2.30. The summed E-state index contributed by atoms with van der Waals surface area (Å²) in [4.78, 5) is 14.2. The quantitative estimate of drug-likeness (QED) is 0.834. The normalized spacial score (nSPS) is 17.1. The summed E-state index contributed by atoms with van der Waals surface area (Å²) in [6.07, 6.45) is 0.268. The number of morpholine rings is 1. The molecule has 0 spiro atoms. The number of para-hydroxylation sites is 1. The fraction of sp³-hybridized carbons (Fsp3) is 0.533. The monoisotopic (exact) mass is 263 g/mol. The standard InChI is InChI=1S/C15H21NO3/c1-3-13(15(17)16-8-10-18-11-9-16)19-14-7-5-4-6-12(14)2/h4-7,13H,3,8-11H2,1-2H3/t13-/m1/s1. The van der Waals surface area contributed by atoms with E-state index in [0.717, 1.165) is 11.3 Å². The third-order valence-corrected chi connectivity index (χ3v) is 3.33. The third kappa shape index (κ3) is 3.47. The SMILES string of the molecule is CC[C@@H](Oc1ccccc1C)C(=O)N1CCOCC1. The number of rotatable bonds is 4. The lowest BCUT2D eigenvalue weighted by Crippen LogP contribution is -2.47. The van der Waals surface area contributed by atoms with Gasteiger partial charge in [-0.05, 0) is 25.0 Å². The number of aryl methyl sites for hydroxylation is 1. The maximum atomic E-state index is 12.4. The molecular weight excluding hydrogens is 242 g/mol. The summed E-state index contributed by atoms with van der Waals surface area (Å²) in [6.45, 7) is 6.51. The summed E-state index contributed by atoms with van der Waals surface area (Å²) in [5, 5.41) is 0. The highest BCUT2D eigenvalue weighted by atomic mass is 16.5. The van der Waals surface area contributed by atoms with Gasteiger partial charge in [-0.3, -0.25) is 4.79 Å². The van der Waals surface area contributed by atoms with E-state index in [9.17, 15) is 4.79 Å². The second-order valence-electron chi connectivity index (χ2n) is 4.72. The van der Waals surface area contributed by atoms with Crippen molar-refractivity contribution in [2.24, 2.45) is 0 Å². The predicted molar refractivity (Wildman–Crippen MR) is 73.3 cm³/mol. The van der Waals surface area contributed by atoms with Crippen molar-refractivity contribution in [3.63, 3.8) is 0 Å². The maximum Gasteiger partial charge on any atom is 0.263 e. The topological polar surface area (TPSA) is 38.8 Å². The molecule has 0 aliphatic carbocycles. The van der Waals surface area contributed by atoms with Crippen molar-refractivity contribution in [1.82, 2.24) is 4.90 Å². The summed E-state index contributed by atoms with van der Waals surface area (Å²) < 4.78 is 11.1. The van der Waals surface area contributed by atoms with Crippen LogP contribution in [-0.2, 0) is 9.53 Å². The molecule has 1 aromatic carbocycles. The zero-order valence-electron chi connectivity index (χ0n) is 11.6. The van der Waals surface area contributed by atoms with Gasteiger partial charge in [0.15, 0.2) is 6.10 Å². The van der Waals surface area contributed by atoms with Crippen molar-refractivity contribution in [1.29, 1.82) is 0 Å². The molecule has 2 rings (SSSR count). The van der Waals surface area contributed by atoms with Gasteiger partial charge in [-0.15, -0.1) is 0 Å². The smallest absolute Gasteiger partial charge is 0.263 e. The zero-order valence-corrected chi connectivity index (χ0v) is 11.6. The van der Waals surface area contributed by atoms with Crippen LogP contribution in [-0.4, -0.2) is 43.2 Å². The van der Waals surface area contributed by atoms with Crippen molar-refractivity contribution in [3.8, 4) is 5.75 Å². The van der Waals surface area contributed by atoms with E-state index in [0.29, 0.717) is 32.7 Å². The second-order valence-corrected chi connectivity index (χ2v) is 4.72. The highest BCUT2D eigenvalue weighted by molar-refractivity contribution is 5.81. The Hall–Kier alpha value is -1.55. The Morgan fingerprint density at radius 1 is 1.37 bits per heavy atom. The Labute approximate surface area is 114 Å². The van der Waals surface area contributed by atoms with E-state index in [1.807, 2.05) is 43.0 Å². The van der Waals surface area contributed by atoms with Gasteiger partial charge in [0, 0.05) is 13.1 Å². The minimum atomic E-state index is -0.404. The first-order valence-electron chi connectivity index (χ1n) is 6.81. The van der Waals surface area contributed by atoms with E-state index in [2.05, 4.69) is 0 Å². The molecule has 1 atom stereocenters. The molecule has 4 nitrogen and oxygen atoms in total. The molecule has 1 aliphatic heterocycles. The van der Waals surface area contributed by atoms with E-state index in [1.54, 1.807) is 0 Å². The minimum Gasteiger partial charge on any atom is -0.480 e. The van der Waals surface area contributed by atoms with Gasteiger partial charge < -0.3 is 14.4 Å². The van der Waals surface area contributed by atoms with E-state index in [-0.39, 0.29) is 5.91 Å². The summed E-state index contributed by atoms with van der Waals surface area (Å²) >= 11 is 0. The molecule has 0 aromatic heterocycles.